The number of rotatable bonds is 8. The van der Waals surface area contributed by atoms with Crippen LogP contribution in [0, 0.1) is 0 Å². The van der Waals surface area contributed by atoms with Gasteiger partial charge in [0.1, 0.15) is 5.60 Å². The Kier molecular flexibility index (Phi) is 9.54. The fourth-order valence-electron chi connectivity index (χ4n) is 6.66. The van der Waals surface area contributed by atoms with E-state index in [0.29, 0.717) is 38.4 Å². The summed E-state index contributed by atoms with van der Waals surface area (Å²) in [6, 6.07) is 30.3. The van der Waals surface area contributed by atoms with E-state index in [1.807, 2.05) is 98.7 Å². The van der Waals surface area contributed by atoms with Crippen LogP contribution < -0.4 is 0 Å². The van der Waals surface area contributed by atoms with E-state index in [0.717, 1.165) is 41.6 Å². The van der Waals surface area contributed by atoms with E-state index in [2.05, 4.69) is 28.8 Å². The van der Waals surface area contributed by atoms with Crippen molar-refractivity contribution in [3.8, 4) is 11.3 Å². The molecule has 6 rings (SSSR count). The summed E-state index contributed by atoms with van der Waals surface area (Å²) in [6.45, 7) is 7.33. The van der Waals surface area contributed by atoms with Crippen LogP contribution in [0.2, 0.25) is 0 Å². The van der Waals surface area contributed by atoms with Crippen molar-refractivity contribution in [2.24, 2.45) is 0 Å². The van der Waals surface area contributed by atoms with Gasteiger partial charge >= 0.3 is 6.09 Å². The summed E-state index contributed by atoms with van der Waals surface area (Å²) in [5.74, 6) is -0.123. The van der Waals surface area contributed by atoms with Crippen molar-refractivity contribution >= 4 is 12.0 Å². The van der Waals surface area contributed by atoms with Crippen LogP contribution in [-0.4, -0.2) is 68.7 Å². The molecule has 2 aliphatic rings. The predicted octanol–water partition coefficient (Wildman–Crippen LogP) is 7.16. The van der Waals surface area contributed by atoms with Crippen molar-refractivity contribution in [3.63, 3.8) is 0 Å². The minimum Gasteiger partial charge on any atom is -0.444 e. The Morgan fingerprint density at radius 3 is 2.17 bits per heavy atom. The molecule has 4 aromatic rings. The molecule has 0 bridgehead atoms. The zero-order valence-electron chi connectivity index (χ0n) is 27.0. The van der Waals surface area contributed by atoms with Crippen LogP contribution >= 0.6 is 0 Å². The van der Waals surface area contributed by atoms with Gasteiger partial charge in [0.15, 0.2) is 5.69 Å². The Balaban J connectivity index is 1.30. The number of carbonyl (C=O) groups is 2. The van der Waals surface area contributed by atoms with Crippen molar-refractivity contribution in [1.29, 1.82) is 0 Å². The molecular formula is C38H44N4O4. The van der Waals surface area contributed by atoms with Crippen LogP contribution in [0.25, 0.3) is 11.3 Å². The standard InChI is InChI=1S/C38H44N4O4/c1-38(2,3)46-37(44)40-22-23-41(31(25-40)24-28-14-7-4-8-15-28)36(43)34-35(30-18-11-6-12-19-30)42(27-39-34)32-20-13-21-33(32)45-26-29-16-9-5-10-17-29/h4-12,14-19,27,31-33H,13,20-26H2,1-3H3/t31-,32-,33-/m1/s1. The lowest BCUT2D eigenvalue weighted by atomic mass is 10.0. The Morgan fingerprint density at radius 1 is 0.848 bits per heavy atom. The van der Waals surface area contributed by atoms with Crippen molar-refractivity contribution in [2.45, 2.75) is 76.9 Å². The molecule has 2 amide bonds. The Hall–Kier alpha value is -4.43. The number of amides is 2. The number of hydrogen-bond acceptors (Lipinski definition) is 5. The van der Waals surface area contributed by atoms with E-state index < -0.39 is 5.60 Å². The lowest BCUT2D eigenvalue weighted by molar-refractivity contribution is 0.00428. The maximum absolute atomic E-state index is 14.6. The minimum absolute atomic E-state index is 0.0167. The third-order valence-electron chi connectivity index (χ3n) is 8.83. The van der Waals surface area contributed by atoms with Gasteiger partial charge < -0.3 is 23.8 Å². The smallest absolute Gasteiger partial charge is 0.410 e. The minimum atomic E-state index is -0.598. The van der Waals surface area contributed by atoms with Crippen molar-refractivity contribution < 1.29 is 19.1 Å². The number of ether oxygens (including phenoxy) is 2. The Morgan fingerprint density at radius 2 is 1.50 bits per heavy atom. The summed E-state index contributed by atoms with van der Waals surface area (Å²) in [5.41, 5.74) is 3.85. The second-order valence-corrected chi connectivity index (χ2v) is 13.3. The molecular weight excluding hydrogens is 576 g/mol. The normalized spacial score (nSPS) is 20.1. The highest BCUT2D eigenvalue weighted by Crippen LogP contribution is 2.38. The number of nitrogens with zero attached hydrogens (tertiary/aromatic N) is 4. The summed E-state index contributed by atoms with van der Waals surface area (Å²) in [4.78, 5) is 36.2. The zero-order chi connectivity index (χ0) is 32.1. The SMILES string of the molecule is CC(C)(C)OC(=O)N1CCN(C(=O)c2ncn([C@@H]3CCC[C@H]3OCc3ccccc3)c2-c2ccccc2)[C@H](Cc2ccccc2)C1. The molecule has 1 aliphatic heterocycles. The summed E-state index contributed by atoms with van der Waals surface area (Å²) in [6.07, 6.45) is 5.07. The molecule has 0 spiro atoms. The molecule has 8 heteroatoms. The third kappa shape index (κ3) is 7.34. The monoisotopic (exact) mass is 620 g/mol. The van der Waals surface area contributed by atoms with Crippen LogP contribution in [0.5, 0.6) is 0 Å². The van der Waals surface area contributed by atoms with E-state index >= 15 is 0 Å². The van der Waals surface area contributed by atoms with Crippen LogP contribution in [0.1, 0.15) is 67.7 Å². The first-order chi connectivity index (χ1) is 22.3. The van der Waals surface area contributed by atoms with Crippen molar-refractivity contribution in [1.82, 2.24) is 19.4 Å². The number of hydrogen-bond donors (Lipinski definition) is 0. The molecule has 46 heavy (non-hydrogen) atoms. The van der Waals surface area contributed by atoms with Gasteiger partial charge in [-0.3, -0.25) is 4.79 Å². The third-order valence-corrected chi connectivity index (χ3v) is 8.83. The van der Waals surface area contributed by atoms with E-state index in [1.165, 1.54) is 0 Å². The van der Waals surface area contributed by atoms with Gasteiger partial charge in [-0.15, -0.1) is 0 Å². The highest BCUT2D eigenvalue weighted by molar-refractivity contribution is 5.98. The molecule has 3 atom stereocenters. The van der Waals surface area contributed by atoms with Crippen LogP contribution in [0.4, 0.5) is 4.79 Å². The van der Waals surface area contributed by atoms with Gasteiger partial charge in [0, 0.05) is 25.2 Å². The quantitative estimate of drug-likeness (QED) is 0.209. The average molecular weight is 621 g/mol. The molecule has 0 N–H and O–H groups in total. The van der Waals surface area contributed by atoms with Gasteiger partial charge in [-0.05, 0) is 57.6 Å². The topological polar surface area (TPSA) is 76.9 Å². The zero-order valence-corrected chi connectivity index (χ0v) is 27.0. The van der Waals surface area contributed by atoms with Gasteiger partial charge in [0.05, 0.1) is 36.8 Å². The predicted molar refractivity (Wildman–Crippen MR) is 178 cm³/mol. The molecule has 0 radical (unpaired) electrons. The molecule has 2 heterocycles. The molecule has 2 fully saturated rings. The highest BCUT2D eigenvalue weighted by atomic mass is 16.6. The molecule has 0 unspecified atom stereocenters. The first kappa shape index (κ1) is 31.5. The maximum Gasteiger partial charge on any atom is 0.410 e. The van der Waals surface area contributed by atoms with Gasteiger partial charge in [0.25, 0.3) is 5.91 Å². The van der Waals surface area contributed by atoms with Gasteiger partial charge in [0.2, 0.25) is 0 Å². The lowest BCUT2D eigenvalue weighted by Crippen LogP contribution is -2.58. The molecule has 1 aromatic heterocycles. The molecule has 8 nitrogen and oxygen atoms in total. The van der Waals surface area contributed by atoms with Crippen molar-refractivity contribution in [3.05, 3.63) is 114 Å². The number of carbonyl (C=O) groups excluding carboxylic acids is 2. The largest absolute Gasteiger partial charge is 0.444 e. The number of piperazine rings is 1. The maximum atomic E-state index is 14.6. The van der Waals surface area contributed by atoms with Gasteiger partial charge in [-0.1, -0.05) is 91.0 Å². The molecule has 1 saturated carbocycles. The first-order valence-electron chi connectivity index (χ1n) is 16.4. The summed E-state index contributed by atoms with van der Waals surface area (Å²) >= 11 is 0. The fraction of sp³-hybridized carbons (Fsp3) is 0.395. The highest BCUT2D eigenvalue weighted by Gasteiger charge is 2.38. The van der Waals surface area contributed by atoms with E-state index in [-0.39, 0.29) is 30.2 Å². The molecule has 1 aliphatic carbocycles. The number of imidazole rings is 1. The summed E-state index contributed by atoms with van der Waals surface area (Å²) < 4.78 is 14.4. The first-order valence-corrected chi connectivity index (χ1v) is 16.4. The second kappa shape index (κ2) is 13.9. The fourth-order valence-corrected chi connectivity index (χ4v) is 6.66. The van der Waals surface area contributed by atoms with Crippen LogP contribution in [0.15, 0.2) is 97.3 Å². The summed E-state index contributed by atoms with van der Waals surface area (Å²) in [5, 5.41) is 0. The molecule has 3 aromatic carbocycles. The second-order valence-electron chi connectivity index (χ2n) is 13.3. The number of aromatic nitrogens is 2. The Labute approximate surface area is 272 Å². The van der Waals surface area contributed by atoms with E-state index in [4.69, 9.17) is 14.5 Å². The number of benzene rings is 3. The Bertz CT molecular complexity index is 1600. The van der Waals surface area contributed by atoms with Crippen LogP contribution in [-0.2, 0) is 22.5 Å². The van der Waals surface area contributed by atoms with Gasteiger partial charge in [-0.2, -0.15) is 0 Å². The average Bonchev–Trinajstić information content (AvgIpc) is 3.71. The van der Waals surface area contributed by atoms with Crippen molar-refractivity contribution in [2.75, 3.05) is 19.6 Å². The summed E-state index contributed by atoms with van der Waals surface area (Å²) in [7, 11) is 0. The molecule has 1 saturated heterocycles. The molecule has 240 valence electrons. The van der Waals surface area contributed by atoms with E-state index in [9.17, 15) is 9.59 Å². The van der Waals surface area contributed by atoms with Crippen LogP contribution in [0.3, 0.4) is 0 Å². The lowest BCUT2D eigenvalue weighted by Gasteiger charge is -2.41. The van der Waals surface area contributed by atoms with E-state index in [1.54, 1.807) is 4.90 Å². The van der Waals surface area contributed by atoms with Gasteiger partial charge in [-0.25, -0.2) is 9.78 Å².